The van der Waals surface area contributed by atoms with Gasteiger partial charge in [0, 0.05) is 23.3 Å². The highest BCUT2D eigenvalue weighted by molar-refractivity contribution is 7.12. The minimum absolute atomic E-state index is 0.0411. The van der Waals surface area contributed by atoms with Crippen LogP contribution in [0.2, 0.25) is 0 Å². The molecule has 2 aromatic heterocycles. The van der Waals surface area contributed by atoms with Gasteiger partial charge < -0.3 is 0 Å². The summed E-state index contributed by atoms with van der Waals surface area (Å²) < 4.78 is 1.49. The summed E-state index contributed by atoms with van der Waals surface area (Å²) in [5.41, 5.74) is 0.922. The number of aromatic amines is 1. The minimum Gasteiger partial charge on any atom is -0.293 e. The van der Waals surface area contributed by atoms with E-state index in [1.165, 1.54) is 16.0 Å². The van der Waals surface area contributed by atoms with E-state index < -0.39 is 0 Å². The molecule has 0 aliphatic rings. The number of nitrogens with one attached hydrogen (secondary N) is 1. The molecule has 80 valence electrons. The molecule has 2 heterocycles. The van der Waals surface area contributed by atoms with Crippen molar-refractivity contribution in [3.63, 3.8) is 0 Å². The summed E-state index contributed by atoms with van der Waals surface area (Å²) in [6.45, 7) is 4.25. The fraction of sp³-hybridized carbons (Fsp3) is 0.400. The van der Waals surface area contributed by atoms with Crippen LogP contribution in [-0.4, -0.2) is 14.8 Å². The van der Waals surface area contributed by atoms with Crippen LogP contribution in [0, 0.1) is 5.92 Å². The summed E-state index contributed by atoms with van der Waals surface area (Å²) >= 11 is 1.44. The molecule has 0 saturated carbocycles. The molecule has 0 amide bonds. The number of hydrogen-bond acceptors (Lipinski definition) is 3. The molecule has 15 heavy (non-hydrogen) atoms. The molecule has 0 bridgehead atoms. The van der Waals surface area contributed by atoms with Crippen LogP contribution in [0.4, 0.5) is 0 Å². The normalized spacial score (nSPS) is 11.1. The molecule has 0 aliphatic carbocycles. The van der Waals surface area contributed by atoms with Crippen molar-refractivity contribution < 1.29 is 0 Å². The Hall–Kier alpha value is -1.36. The Kier molecular flexibility index (Phi) is 2.73. The Morgan fingerprint density at radius 3 is 3.00 bits per heavy atom. The van der Waals surface area contributed by atoms with Gasteiger partial charge in [0.1, 0.15) is 0 Å². The van der Waals surface area contributed by atoms with Crippen molar-refractivity contribution in [3.05, 3.63) is 33.7 Å². The summed E-state index contributed by atoms with van der Waals surface area (Å²) in [4.78, 5) is 15.7. The third-order valence-corrected chi connectivity index (χ3v) is 2.77. The second kappa shape index (κ2) is 4.02. The van der Waals surface area contributed by atoms with E-state index in [1.54, 1.807) is 12.3 Å². The average molecular weight is 223 g/mol. The zero-order valence-corrected chi connectivity index (χ0v) is 9.54. The molecule has 0 atom stereocenters. The van der Waals surface area contributed by atoms with Gasteiger partial charge in [-0.1, -0.05) is 13.8 Å². The van der Waals surface area contributed by atoms with E-state index in [-0.39, 0.29) is 5.56 Å². The van der Waals surface area contributed by atoms with Crippen LogP contribution < -0.4 is 5.56 Å². The van der Waals surface area contributed by atoms with Crippen molar-refractivity contribution in [2.45, 2.75) is 20.3 Å². The molecule has 0 spiro atoms. The molecule has 4 nitrogen and oxygen atoms in total. The van der Waals surface area contributed by atoms with Crippen molar-refractivity contribution in [2.24, 2.45) is 5.92 Å². The second-order valence-corrected chi connectivity index (χ2v) is 4.74. The third-order valence-electron chi connectivity index (χ3n) is 2.01. The summed E-state index contributed by atoms with van der Waals surface area (Å²) in [6.07, 6.45) is 2.57. The molecule has 0 aromatic carbocycles. The van der Waals surface area contributed by atoms with Crippen molar-refractivity contribution in [1.29, 1.82) is 0 Å². The zero-order valence-electron chi connectivity index (χ0n) is 8.73. The fourth-order valence-corrected chi connectivity index (χ4v) is 2.06. The quantitative estimate of drug-likeness (QED) is 0.863. The average Bonchev–Trinajstić information content (AvgIpc) is 2.72. The van der Waals surface area contributed by atoms with Crippen LogP contribution in [0.25, 0.3) is 5.13 Å². The van der Waals surface area contributed by atoms with Gasteiger partial charge in [-0.05, 0) is 12.3 Å². The first-order valence-electron chi connectivity index (χ1n) is 4.87. The molecule has 0 unspecified atom stereocenters. The first kappa shape index (κ1) is 10.2. The van der Waals surface area contributed by atoms with Crippen molar-refractivity contribution in [3.8, 4) is 5.13 Å². The molecule has 0 fully saturated rings. The maximum absolute atomic E-state index is 11.6. The van der Waals surface area contributed by atoms with Gasteiger partial charge in [-0.25, -0.2) is 4.98 Å². The number of rotatable bonds is 3. The Morgan fingerprint density at radius 1 is 1.60 bits per heavy atom. The lowest BCUT2D eigenvalue weighted by Crippen LogP contribution is -2.12. The monoisotopic (exact) mass is 223 g/mol. The number of aromatic nitrogens is 3. The van der Waals surface area contributed by atoms with Crippen LogP contribution in [0.15, 0.2) is 22.4 Å². The second-order valence-electron chi connectivity index (χ2n) is 3.87. The van der Waals surface area contributed by atoms with E-state index in [4.69, 9.17) is 0 Å². The SMILES string of the molecule is CC(C)Cc1cc(=O)n(-c2nccs2)[nH]1. The fourth-order valence-electron chi connectivity index (χ4n) is 1.46. The molecule has 0 radical (unpaired) electrons. The lowest BCUT2D eigenvalue weighted by atomic mass is 10.1. The summed E-state index contributed by atoms with van der Waals surface area (Å²) in [6, 6.07) is 1.64. The van der Waals surface area contributed by atoms with Gasteiger partial charge in [0.15, 0.2) is 0 Å². The standard InChI is InChI=1S/C10H13N3OS/c1-7(2)5-8-6-9(14)13(12-8)10-11-3-4-15-10/h3-4,6-7,12H,5H2,1-2H3. The third kappa shape index (κ3) is 2.18. The van der Waals surface area contributed by atoms with Crippen LogP contribution in [0.1, 0.15) is 19.5 Å². The molecular formula is C10H13N3OS. The van der Waals surface area contributed by atoms with Gasteiger partial charge in [-0.3, -0.25) is 9.89 Å². The molecule has 2 rings (SSSR count). The molecule has 5 heteroatoms. The van der Waals surface area contributed by atoms with Crippen LogP contribution >= 0.6 is 11.3 Å². The van der Waals surface area contributed by atoms with E-state index >= 15 is 0 Å². The molecular weight excluding hydrogens is 210 g/mol. The Bertz CT molecular complexity index is 481. The first-order chi connectivity index (χ1) is 7.16. The Morgan fingerprint density at radius 2 is 2.40 bits per heavy atom. The van der Waals surface area contributed by atoms with Crippen LogP contribution in [-0.2, 0) is 6.42 Å². The largest absolute Gasteiger partial charge is 0.293 e. The summed E-state index contributed by atoms with van der Waals surface area (Å²) in [7, 11) is 0. The smallest absolute Gasteiger partial charge is 0.273 e. The van der Waals surface area contributed by atoms with Crippen molar-refractivity contribution in [1.82, 2.24) is 14.8 Å². The zero-order chi connectivity index (χ0) is 10.8. The lowest BCUT2D eigenvalue weighted by molar-refractivity contribution is 0.627. The molecule has 2 aromatic rings. The van der Waals surface area contributed by atoms with Gasteiger partial charge >= 0.3 is 0 Å². The number of H-pyrrole nitrogens is 1. The number of thiazole rings is 1. The summed E-state index contributed by atoms with van der Waals surface area (Å²) in [5, 5.41) is 5.61. The number of nitrogens with zero attached hydrogens (tertiary/aromatic N) is 2. The van der Waals surface area contributed by atoms with Crippen molar-refractivity contribution >= 4 is 11.3 Å². The maximum Gasteiger partial charge on any atom is 0.273 e. The Balaban J connectivity index is 2.34. The minimum atomic E-state index is -0.0411. The van der Waals surface area contributed by atoms with Crippen LogP contribution in [0.5, 0.6) is 0 Å². The predicted molar refractivity (Wildman–Crippen MR) is 60.6 cm³/mol. The first-order valence-corrected chi connectivity index (χ1v) is 5.75. The van der Waals surface area contributed by atoms with E-state index in [0.29, 0.717) is 11.0 Å². The summed E-state index contributed by atoms with van der Waals surface area (Å²) in [5.74, 6) is 0.535. The Labute approximate surface area is 91.6 Å². The van der Waals surface area contributed by atoms with Gasteiger partial charge in [0.2, 0.25) is 5.13 Å². The topological polar surface area (TPSA) is 50.7 Å². The van der Waals surface area contributed by atoms with Crippen molar-refractivity contribution in [2.75, 3.05) is 0 Å². The van der Waals surface area contributed by atoms with E-state index in [1.807, 2.05) is 5.38 Å². The van der Waals surface area contributed by atoms with Crippen LogP contribution in [0.3, 0.4) is 0 Å². The van der Waals surface area contributed by atoms with E-state index in [0.717, 1.165) is 12.1 Å². The number of hydrogen-bond donors (Lipinski definition) is 1. The highest BCUT2D eigenvalue weighted by Gasteiger charge is 2.07. The highest BCUT2D eigenvalue weighted by Crippen LogP contribution is 2.09. The molecule has 0 saturated heterocycles. The lowest BCUT2D eigenvalue weighted by Gasteiger charge is -2.00. The van der Waals surface area contributed by atoms with E-state index in [9.17, 15) is 4.79 Å². The van der Waals surface area contributed by atoms with Gasteiger partial charge in [0.05, 0.1) is 0 Å². The van der Waals surface area contributed by atoms with Gasteiger partial charge in [-0.15, -0.1) is 11.3 Å². The van der Waals surface area contributed by atoms with E-state index in [2.05, 4.69) is 23.9 Å². The van der Waals surface area contributed by atoms with Gasteiger partial charge in [0.25, 0.3) is 5.56 Å². The maximum atomic E-state index is 11.6. The predicted octanol–water partition coefficient (Wildman–Crippen LogP) is 1.82. The molecule has 0 aliphatic heterocycles. The highest BCUT2D eigenvalue weighted by atomic mass is 32.1. The van der Waals surface area contributed by atoms with Gasteiger partial charge in [-0.2, -0.15) is 4.68 Å². The molecule has 1 N–H and O–H groups in total.